The Balaban J connectivity index is 2.36. The lowest BCUT2D eigenvalue weighted by Crippen LogP contribution is -2.33. The molecule has 0 saturated carbocycles. The Bertz CT molecular complexity index is 464. The van der Waals surface area contributed by atoms with Crippen molar-refractivity contribution in [1.29, 1.82) is 0 Å². The molecule has 1 aromatic heterocycles. The van der Waals surface area contributed by atoms with Crippen LogP contribution < -0.4 is 5.32 Å². The van der Waals surface area contributed by atoms with Gasteiger partial charge in [-0.25, -0.2) is 9.59 Å². The van der Waals surface area contributed by atoms with E-state index >= 15 is 0 Å². The quantitative estimate of drug-likeness (QED) is 0.813. The van der Waals surface area contributed by atoms with E-state index in [0.717, 1.165) is 0 Å². The highest BCUT2D eigenvalue weighted by Gasteiger charge is 2.17. The van der Waals surface area contributed by atoms with Gasteiger partial charge in [-0.05, 0) is 32.9 Å². The summed E-state index contributed by atoms with van der Waals surface area (Å²) >= 11 is 0. The summed E-state index contributed by atoms with van der Waals surface area (Å²) in [5, 5.41) is 6.03. The maximum Gasteiger partial charge on any atom is 0.407 e. The summed E-state index contributed by atoms with van der Waals surface area (Å²) in [6.07, 6.45) is -0.228. The van der Waals surface area contributed by atoms with Crippen LogP contribution in [0.25, 0.3) is 0 Å². The molecule has 0 radical (unpaired) electrons. The van der Waals surface area contributed by atoms with Gasteiger partial charge < -0.3 is 19.3 Å². The number of alkyl carbamates (subject to hydrolysis) is 1. The van der Waals surface area contributed by atoms with Crippen molar-refractivity contribution in [3.8, 4) is 0 Å². The summed E-state index contributed by atoms with van der Waals surface area (Å²) in [5.74, 6) is -0.522. The third-order valence-electron chi connectivity index (χ3n) is 1.93. The highest BCUT2D eigenvalue weighted by molar-refractivity contribution is 5.84. The number of aromatic nitrogens is 2. The number of amides is 1. The molecule has 0 fully saturated rings. The summed E-state index contributed by atoms with van der Waals surface area (Å²) in [6, 6.07) is 0. The summed E-state index contributed by atoms with van der Waals surface area (Å²) < 4.78 is 14.6. The molecule has 1 aromatic rings. The topological polar surface area (TPSA) is 104 Å². The zero-order valence-corrected chi connectivity index (χ0v) is 12.1. The number of nitrogens with one attached hydrogen (secondary N) is 1. The van der Waals surface area contributed by atoms with Crippen molar-refractivity contribution >= 4 is 12.1 Å². The second-order valence-corrected chi connectivity index (χ2v) is 4.91. The first-order valence-corrected chi connectivity index (χ1v) is 6.28. The highest BCUT2D eigenvalue weighted by atomic mass is 16.6. The van der Waals surface area contributed by atoms with Crippen LogP contribution in [0.1, 0.15) is 44.2 Å². The maximum atomic E-state index is 11.4. The van der Waals surface area contributed by atoms with Gasteiger partial charge in [0, 0.05) is 13.0 Å². The van der Waals surface area contributed by atoms with Crippen molar-refractivity contribution in [2.75, 3.05) is 13.2 Å². The molecule has 0 aliphatic heterocycles. The van der Waals surface area contributed by atoms with Gasteiger partial charge in [0.25, 0.3) is 5.82 Å². The lowest BCUT2D eigenvalue weighted by molar-refractivity contribution is 0.0504. The van der Waals surface area contributed by atoms with E-state index in [9.17, 15) is 9.59 Å². The maximum absolute atomic E-state index is 11.4. The molecule has 0 unspecified atom stereocenters. The molecular formula is C12H19N3O5. The SMILES string of the molecule is CCOC(=O)c1noc(CCNC(=O)OC(C)(C)C)n1. The van der Waals surface area contributed by atoms with Gasteiger partial charge in [-0.15, -0.1) is 0 Å². The number of hydrogen-bond acceptors (Lipinski definition) is 7. The number of carbonyl (C=O) groups is 2. The fourth-order valence-electron chi connectivity index (χ4n) is 1.22. The van der Waals surface area contributed by atoms with Gasteiger partial charge in [-0.1, -0.05) is 0 Å². The molecule has 8 heteroatoms. The van der Waals surface area contributed by atoms with E-state index in [1.165, 1.54) is 0 Å². The standard InChI is InChI=1S/C12H19N3O5/c1-5-18-10(16)9-14-8(20-15-9)6-7-13-11(17)19-12(2,3)4/h5-7H2,1-4H3,(H,13,17). The molecule has 1 amide bonds. The number of rotatable bonds is 5. The molecule has 0 spiro atoms. The molecule has 8 nitrogen and oxygen atoms in total. The molecule has 0 aliphatic carbocycles. The highest BCUT2D eigenvalue weighted by Crippen LogP contribution is 2.06. The number of hydrogen-bond donors (Lipinski definition) is 1. The number of esters is 1. The molecule has 0 saturated heterocycles. The van der Waals surface area contributed by atoms with E-state index in [1.807, 2.05) is 0 Å². The van der Waals surface area contributed by atoms with Crippen molar-refractivity contribution in [3.63, 3.8) is 0 Å². The summed E-state index contributed by atoms with van der Waals surface area (Å²) in [5.41, 5.74) is -0.550. The van der Waals surface area contributed by atoms with Crippen LogP contribution in [0.2, 0.25) is 0 Å². The van der Waals surface area contributed by atoms with Crippen molar-refractivity contribution < 1.29 is 23.6 Å². The minimum Gasteiger partial charge on any atom is -0.460 e. The molecular weight excluding hydrogens is 266 g/mol. The first-order valence-electron chi connectivity index (χ1n) is 6.28. The zero-order valence-electron chi connectivity index (χ0n) is 12.1. The molecule has 112 valence electrons. The van der Waals surface area contributed by atoms with Gasteiger partial charge in [-0.2, -0.15) is 4.98 Å². The Labute approximate surface area is 116 Å². The Morgan fingerprint density at radius 3 is 2.65 bits per heavy atom. The van der Waals surface area contributed by atoms with Crippen LogP contribution in [0.15, 0.2) is 4.52 Å². The average molecular weight is 285 g/mol. The molecule has 0 aliphatic rings. The molecule has 0 bridgehead atoms. The molecule has 0 aromatic carbocycles. The smallest absolute Gasteiger partial charge is 0.407 e. The first-order chi connectivity index (χ1) is 9.31. The van der Waals surface area contributed by atoms with Crippen LogP contribution in [0.5, 0.6) is 0 Å². The molecule has 20 heavy (non-hydrogen) atoms. The van der Waals surface area contributed by atoms with E-state index in [4.69, 9.17) is 14.0 Å². The van der Waals surface area contributed by atoms with Crippen LogP contribution in [0.3, 0.4) is 0 Å². The van der Waals surface area contributed by atoms with Crippen molar-refractivity contribution in [3.05, 3.63) is 11.7 Å². The lowest BCUT2D eigenvalue weighted by atomic mass is 10.2. The monoisotopic (exact) mass is 285 g/mol. The minimum atomic E-state index is -0.636. The Kier molecular flexibility index (Phi) is 5.48. The molecule has 1 N–H and O–H groups in total. The van der Waals surface area contributed by atoms with Gasteiger partial charge in [-0.3, -0.25) is 0 Å². The molecule has 0 atom stereocenters. The van der Waals surface area contributed by atoms with Gasteiger partial charge in [0.15, 0.2) is 0 Å². The van der Waals surface area contributed by atoms with Crippen LogP contribution in [-0.2, 0) is 15.9 Å². The van der Waals surface area contributed by atoms with Gasteiger partial charge in [0.2, 0.25) is 5.89 Å². The van der Waals surface area contributed by atoms with E-state index in [0.29, 0.717) is 6.42 Å². The van der Waals surface area contributed by atoms with Crippen LogP contribution in [0, 0.1) is 0 Å². The van der Waals surface area contributed by atoms with Crippen molar-refractivity contribution in [1.82, 2.24) is 15.5 Å². The fraction of sp³-hybridized carbons (Fsp3) is 0.667. The summed E-state index contributed by atoms with van der Waals surface area (Å²) in [6.45, 7) is 7.51. The Morgan fingerprint density at radius 2 is 2.05 bits per heavy atom. The fourth-order valence-corrected chi connectivity index (χ4v) is 1.22. The zero-order chi connectivity index (χ0) is 15.2. The van der Waals surface area contributed by atoms with Gasteiger partial charge >= 0.3 is 12.1 Å². The predicted octanol–water partition coefficient (Wildman–Crippen LogP) is 1.31. The minimum absolute atomic E-state index is 0.126. The lowest BCUT2D eigenvalue weighted by Gasteiger charge is -2.19. The molecule has 1 rings (SSSR count). The van der Waals surface area contributed by atoms with E-state index in [1.54, 1.807) is 27.7 Å². The van der Waals surface area contributed by atoms with Crippen LogP contribution in [-0.4, -0.2) is 41.0 Å². The van der Waals surface area contributed by atoms with E-state index < -0.39 is 17.7 Å². The van der Waals surface area contributed by atoms with E-state index in [-0.39, 0.29) is 24.9 Å². The number of carbonyl (C=O) groups excluding carboxylic acids is 2. The van der Waals surface area contributed by atoms with Crippen LogP contribution >= 0.6 is 0 Å². The van der Waals surface area contributed by atoms with Crippen LogP contribution in [0.4, 0.5) is 4.79 Å². The Hall–Kier alpha value is -2.12. The number of nitrogens with zero attached hydrogens (tertiary/aromatic N) is 2. The summed E-state index contributed by atoms with van der Waals surface area (Å²) in [4.78, 5) is 26.5. The second-order valence-electron chi connectivity index (χ2n) is 4.91. The van der Waals surface area contributed by atoms with Gasteiger partial charge in [0.05, 0.1) is 6.61 Å². The van der Waals surface area contributed by atoms with Crippen molar-refractivity contribution in [2.24, 2.45) is 0 Å². The normalized spacial score (nSPS) is 11.0. The largest absolute Gasteiger partial charge is 0.460 e. The van der Waals surface area contributed by atoms with Crippen molar-refractivity contribution in [2.45, 2.75) is 39.7 Å². The second kappa shape index (κ2) is 6.88. The number of ether oxygens (including phenoxy) is 2. The average Bonchev–Trinajstić information content (AvgIpc) is 2.75. The Morgan fingerprint density at radius 1 is 1.35 bits per heavy atom. The third-order valence-corrected chi connectivity index (χ3v) is 1.93. The van der Waals surface area contributed by atoms with E-state index in [2.05, 4.69) is 15.5 Å². The van der Waals surface area contributed by atoms with Gasteiger partial charge in [0.1, 0.15) is 5.60 Å². The molecule has 1 heterocycles. The third kappa shape index (κ3) is 5.68. The first kappa shape index (κ1) is 15.9. The predicted molar refractivity (Wildman–Crippen MR) is 68.2 cm³/mol. The summed E-state index contributed by atoms with van der Waals surface area (Å²) in [7, 11) is 0.